The summed E-state index contributed by atoms with van der Waals surface area (Å²) < 4.78 is 5.37. The molecule has 19 heavy (non-hydrogen) atoms. The zero-order chi connectivity index (χ0) is 13.3. The van der Waals surface area contributed by atoms with Crippen molar-refractivity contribution in [2.75, 3.05) is 13.7 Å². The van der Waals surface area contributed by atoms with Crippen LogP contribution in [0.5, 0.6) is 0 Å². The third kappa shape index (κ3) is 2.44. The Morgan fingerprint density at radius 1 is 0.947 bits per heavy atom. The molecule has 0 amide bonds. The first-order chi connectivity index (χ1) is 9.19. The summed E-state index contributed by atoms with van der Waals surface area (Å²) in [5.74, 6) is 0. The van der Waals surface area contributed by atoms with E-state index in [1.165, 1.54) is 43.2 Å². The van der Waals surface area contributed by atoms with Crippen LogP contribution >= 0.6 is 0 Å². The molecule has 1 aromatic rings. The van der Waals surface area contributed by atoms with E-state index in [0.29, 0.717) is 5.41 Å². The second-order valence-corrected chi connectivity index (χ2v) is 6.51. The maximum absolute atomic E-state index is 6.59. The van der Waals surface area contributed by atoms with E-state index in [2.05, 4.69) is 24.3 Å². The van der Waals surface area contributed by atoms with E-state index in [0.717, 1.165) is 19.4 Å². The van der Waals surface area contributed by atoms with Gasteiger partial charge in [0.05, 0.1) is 6.61 Å². The van der Waals surface area contributed by atoms with Crippen LogP contribution in [0, 0.1) is 0 Å². The number of hydrogen-bond acceptors (Lipinski definition) is 2. The molecule has 0 saturated heterocycles. The molecule has 0 atom stereocenters. The van der Waals surface area contributed by atoms with Crippen LogP contribution in [0.4, 0.5) is 0 Å². The molecule has 2 saturated carbocycles. The van der Waals surface area contributed by atoms with Crippen LogP contribution in [0.3, 0.4) is 0 Å². The van der Waals surface area contributed by atoms with Gasteiger partial charge in [-0.3, -0.25) is 0 Å². The summed E-state index contributed by atoms with van der Waals surface area (Å²) in [6.07, 6.45) is 8.67. The van der Waals surface area contributed by atoms with Crippen molar-refractivity contribution in [1.82, 2.24) is 0 Å². The SMILES string of the molecule is COCC1(c2ccc(C3(N)CCCCC3)cc2)CC1. The van der Waals surface area contributed by atoms with E-state index in [1.54, 1.807) is 7.11 Å². The Morgan fingerprint density at radius 3 is 2.05 bits per heavy atom. The average Bonchev–Trinajstić information content (AvgIpc) is 3.21. The van der Waals surface area contributed by atoms with Crippen molar-refractivity contribution < 1.29 is 4.74 Å². The van der Waals surface area contributed by atoms with Gasteiger partial charge >= 0.3 is 0 Å². The Hall–Kier alpha value is -0.860. The minimum absolute atomic E-state index is 0.0747. The molecule has 0 aliphatic heterocycles. The molecule has 0 bridgehead atoms. The highest BCUT2D eigenvalue weighted by molar-refractivity contribution is 5.36. The topological polar surface area (TPSA) is 35.2 Å². The zero-order valence-electron chi connectivity index (χ0n) is 12.0. The Kier molecular flexibility index (Phi) is 3.40. The number of rotatable bonds is 4. The smallest absolute Gasteiger partial charge is 0.0559 e. The second kappa shape index (κ2) is 4.92. The van der Waals surface area contributed by atoms with Gasteiger partial charge in [0.1, 0.15) is 0 Å². The lowest BCUT2D eigenvalue weighted by molar-refractivity contribution is 0.171. The maximum Gasteiger partial charge on any atom is 0.0559 e. The van der Waals surface area contributed by atoms with Crippen LogP contribution in [0.25, 0.3) is 0 Å². The fourth-order valence-corrected chi connectivity index (χ4v) is 3.57. The summed E-state index contributed by atoms with van der Waals surface area (Å²) in [5, 5.41) is 0. The fourth-order valence-electron chi connectivity index (χ4n) is 3.57. The quantitative estimate of drug-likeness (QED) is 0.898. The summed E-state index contributed by atoms with van der Waals surface area (Å²) >= 11 is 0. The van der Waals surface area contributed by atoms with Gasteiger partial charge < -0.3 is 10.5 Å². The Labute approximate surface area is 116 Å². The van der Waals surface area contributed by atoms with Crippen LogP contribution < -0.4 is 5.73 Å². The molecule has 2 aliphatic rings. The normalized spacial score (nSPS) is 24.1. The first kappa shape index (κ1) is 13.1. The summed E-state index contributed by atoms with van der Waals surface area (Å²) in [4.78, 5) is 0. The van der Waals surface area contributed by atoms with Crippen molar-refractivity contribution in [3.8, 4) is 0 Å². The highest BCUT2D eigenvalue weighted by Crippen LogP contribution is 2.48. The van der Waals surface area contributed by atoms with Gasteiger partial charge in [0.15, 0.2) is 0 Å². The Balaban J connectivity index is 1.79. The largest absolute Gasteiger partial charge is 0.384 e. The monoisotopic (exact) mass is 259 g/mol. The number of methoxy groups -OCH3 is 1. The third-order valence-electron chi connectivity index (χ3n) is 5.09. The third-order valence-corrected chi connectivity index (χ3v) is 5.09. The minimum atomic E-state index is -0.0747. The van der Waals surface area contributed by atoms with Crippen LogP contribution in [-0.4, -0.2) is 13.7 Å². The highest BCUT2D eigenvalue weighted by Gasteiger charge is 2.44. The van der Waals surface area contributed by atoms with Gasteiger partial charge in [-0.25, -0.2) is 0 Å². The summed E-state index contributed by atoms with van der Waals surface area (Å²) in [7, 11) is 1.80. The number of ether oxygens (including phenoxy) is 1. The van der Waals surface area contributed by atoms with Gasteiger partial charge in [0, 0.05) is 18.1 Å². The van der Waals surface area contributed by atoms with Crippen LogP contribution in [-0.2, 0) is 15.7 Å². The van der Waals surface area contributed by atoms with Crippen molar-refractivity contribution in [3.05, 3.63) is 35.4 Å². The van der Waals surface area contributed by atoms with Crippen molar-refractivity contribution in [2.45, 2.75) is 55.9 Å². The zero-order valence-corrected chi connectivity index (χ0v) is 12.0. The molecule has 2 nitrogen and oxygen atoms in total. The standard InChI is InChI=1S/C17H25NO/c1-19-13-16(11-12-16)14-5-7-15(8-6-14)17(18)9-3-2-4-10-17/h5-8H,2-4,9-13,18H2,1H3. The molecule has 2 aliphatic carbocycles. The van der Waals surface area contributed by atoms with E-state index in [1.807, 2.05) is 0 Å². The average molecular weight is 259 g/mol. The lowest BCUT2D eigenvalue weighted by atomic mass is 9.77. The molecule has 104 valence electrons. The molecule has 0 radical (unpaired) electrons. The maximum atomic E-state index is 6.59. The summed E-state index contributed by atoms with van der Waals surface area (Å²) in [5.41, 5.74) is 9.57. The van der Waals surface area contributed by atoms with E-state index in [4.69, 9.17) is 10.5 Å². The second-order valence-electron chi connectivity index (χ2n) is 6.51. The van der Waals surface area contributed by atoms with E-state index in [-0.39, 0.29) is 5.54 Å². The van der Waals surface area contributed by atoms with Gasteiger partial charge in [-0.1, -0.05) is 43.5 Å². The Morgan fingerprint density at radius 2 is 1.53 bits per heavy atom. The van der Waals surface area contributed by atoms with Gasteiger partial charge in [-0.15, -0.1) is 0 Å². The highest BCUT2D eigenvalue weighted by atomic mass is 16.5. The first-order valence-electron chi connectivity index (χ1n) is 7.57. The van der Waals surface area contributed by atoms with E-state index in [9.17, 15) is 0 Å². The molecule has 2 N–H and O–H groups in total. The lowest BCUT2D eigenvalue weighted by Crippen LogP contribution is -2.38. The van der Waals surface area contributed by atoms with Crippen LogP contribution in [0.15, 0.2) is 24.3 Å². The molecule has 1 aromatic carbocycles. The Bertz CT molecular complexity index is 427. The number of hydrogen-bond donors (Lipinski definition) is 1. The summed E-state index contributed by atoms with van der Waals surface area (Å²) in [6.45, 7) is 0.847. The molecular weight excluding hydrogens is 234 g/mol. The first-order valence-corrected chi connectivity index (χ1v) is 7.57. The predicted molar refractivity (Wildman–Crippen MR) is 78.2 cm³/mol. The van der Waals surface area contributed by atoms with E-state index >= 15 is 0 Å². The molecule has 0 spiro atoms. The fraction of sp³-hybridized carbons (Fsp3) is 0.647. The molecule has 3 rings (SSSR count). The van der Waals surface area contributed by atoms with Crippen molar-refractivity contribution in [2.24, 2.45) is 5.73 Å². The number of benzene rings is 1. The van der Waals surface area contributed by atoms with Crippen molar-refractivity contribution in [3.63, 3.8) is 0 Å². The molecule has 0 unspecified atom stereocenters. The molecular formula is C17H25NO. The lowest BCUT2D eigenvalue weighted by Gasteiger charge is -2.34. The van der Waals surface area contributed by atoms with Crippen LogP contribution in [0.1, 0.15) is 56.1 Å². The molecule has 0 heterocycles. The van der Waals surface area contributed by atoms with Gasteiger partial charge in [0.25, 0.3) is 0 Å². The minimum Gasteiger partial charge on any atom is -0.384 e. The van der Waals surface area contributed by atoms with Gasteiger partial charge in [-0.05, 0) is 36.8 Å². The van der Waals surface area contributed by atoms with Gasteiger partial charge in [-0.2, -0.15) is 0 Å². The predicted octanol–water partition coefficient (Wildman–Crippen LogP) is 3.48. The summed E-state index contributed by atoms with van der Waals surface area (Å²) in [6, 6.07) is 9.09. The molecule has 2 fully saturated rings. The van der Waals surface area contributed by atoms with Crippen molar-refractivity contribution in [1.29, 1.82) is 0 Å². The van der Waals surface area contributed by atoms with Crippen LogP contribution in [0.2, 0.25) is 0 Å². The van der Waals surface area contributed by atoms with Crippen molar-refractivity contribution >= 4 is 0 Å². The van der Waals surface area contributed by atoms with E-state index < -0.39 is 0 Å². The number of nitrogens with two attached hydrogens (primary N) is 1. The van der Waals surface area contributed by atoms with Gasteiger partial charge in [0.2, 0.25) is 0 Å². The molecule has 0 aromatic heterocycles. The molecule has 2 heteroatoms.